The molecule has 0 atom stereocenters. The molecule has 1 heterocycles. The summed E-state index contributed by atoms with van der Waals surface area (Å²) in [5.41, 5.74) is 0.873. The SMILES string of the molecule is CN(C)/C(=N\C(=N\c1ccccc1)N1CCOCC1)C(C)(C)C. The van der Waals surface area contributed by atoms with Crippen molar-refractivity contribution in [3.8, 4) is 0 Å². The number of morpholine rings is 1. The van der Waals surface area contributed by atoms with Gasteiger partial charge in [-0.05, 0) is 12.1 Å². The molecule has 1 fully saturated rings. The molecule has 0 N–H and O–H groups in total. The number of hydrogen-bond acceptors (Lipinski definition) is 2. The van der Waals surface area contributed by atoms with Gasteiger partial charge in [-0.2, -0.15) is 4.99 Å². The van der Waals surface area contributed by atoms with Crippen molar-refractivity contribution in [2.24, 2.45) is 15.4 Å². The zero-order chi connectivity index (χ0) is 16.9. The van der Waals surface area contributed by atoms with Gasteiger partial charge in [0.25, 0.3) is 0 Å². The molecule has 5 heteroatoms. The van der Waals surface area contributed by atoms with Crippen molar-refractivity contribution in [3.63, 3.8) is 0 Å². The first-order valence-corrected chi connectivity index (χ1v) is 8.11. The van der Waals surface area contributed by atoms with Crippen LogP contribution in [0.5, 0.6) is 0 Å². The van der Waals surface area contributed by atoms with E-state index < -0.39 is 0 Å². The molecule has 126 valence electrons. The van der Waals surface area contributed by atoms with Crippen molar-refractivity contribution in [1.82, 2.24) is 9.80 Å². The van der Waals surface area contributed by atoms with E-state index in [-0.39, 0.29) is 5.41 Å². The normalized spacial score (nSPS) is 17.3. The zero-order valence-electron chi connectivity index (χ0n) is 14.9. The van der Waals surface area contributed by atoms with Gasteiger partial charge < -0.3 is 14.5 Å². The van der Waals surface area contributed by atoms with Gasteiger partial charge in [-0.25, -0.2) is 4.99 Å². The van der Waals surface area contributed by atoms with Crippen molar-refractivity contribution >= 4 is 17.5 Å². The Balaban J connectivity index is 2.42. The van der Waals surface area contributed by atoms with Gasteiger partial charge in [0.05, 0.1) is 18.9 Å². The topological polar surface area (TPSA) is 40.4 Å². The monoisotopic (exact) mass is 316 g/mol. The van der Waals surface area contributed by atoms with Crippen LogP contribution in [0.1, 0.15) is 20.8 Å². The Morgan fingerprint density at radius 3 is 2.22 bits per heavy atom. The molecular weight excluding hydrogens is 288 g/mol. The molecule has 1 aromatic rings. The van der Waals surface area contributed by atoms with Crippen LogP contribution >= 0.6 is 0 Å². The van der Waals surface area contributed by atoms with Crippen LogP contribution in [0, 0.1) is 5.41 Å². The van der Waals surface area contributed by atoms with E-state index in [1.165, 1.54) is 0 Å². The summed E-state index contributed by atoms with van der Waals surface area (Å²) in [5, 5.41) is 0. The highest BCUT2D eigenvalue weighted by atomic mass is 16.5. The third-order valence-corrected chi connectivity index (χ3v) is 3.58. The average molecular weight is 316 g/mol. The number of guanidine groups is 1. The Hall–Kier alpha value is -1.88. The van der Waals surface area contributed by atoms with E-state index in [9.17, 15) is 0 Å². The summed E-state index contributed by atoms with van der Waals surface area (Å²) in [7, 11) is 4.06. The molecule has 0 amide bonds. The second-order valence-electron chi connectivity index (χ2n) is 6.93. The Morgan fingerprint density at radius 1 is 1.09 bits per heavy atom. The molecule has 0 unspecified atom stereocenters. The van der Waals surface area contributed by atoms with Gasteiger partial charge in [0.2, 0.25) is 5.96 Å². The number of nitrogens with zero attached hydrogens (tertiary/aromatic N) is 4. The van der Waals surface area contributed by atoms with Gasteiger partial charge in [-0.3, -0.25) is 0 Å². The van der Waals surface area contributed by atoms with Gasteiger partial charge in [0.1, 0.15) is 5.84 Å². The Kier molecular flexibility index (Phi) is 5.77. The summed E-state index contributed by atoms with van der Waals surface area (Å²) in [6, 6.07) is 9.99. The molecule has 0 bridgehead atoms. The van der Waals surface area contributed by atoms with Crippen molar-refractivity contribution in [2.45, 2.75) is 20.8 Å². The maximum Gasteiger partial charge on any atom is 0.227 e. The summed E-state index contributed by atoms with van der Waals surface area (Å²) in [4.78, 5) is 14.0. The predicted molar refractivity (Wildman–Crippen MR) is 96.5 cm³/mol. The third kappa shape index (κ3) is 5.06. The third-order valence-electron chi connectivity index (χ3n) is 3.58. The highest BCUT2D eigenvalue weighted by Crippen LogP contribution is 2.20. The number of ether oxygens (including phenoxy) is 1. The summed E-state index contributed by atoms with van der Waals surface area (Å²) in [5.74, 6) is 1.77. The molecule has 2 rings (SSSR count). The minimum atomic E-state index is -0.0484. The smallest absolute Gasteiger partial charge is 0.227 e. The number of rotatable bonds is 1. The largest absolute Gasteiger partial charge is 0.378 e. The first kappa shape index (κ1) is 17.5. The fourth-order valence-corrected chi connectivity index (χ4v) is 2.58. The van der Waals surface area contributed by atoms with Crippen molar-refractivity contribution in [2.75, 3.05) is 40.4 Å². The van der Waals surface area contributed by atoms with Crippen LogP contribution < -0.4 is 0 Å². The number of hydrogen-bond donors (Lipinski definition) is 0. The molecular formula is C18H28N4O. The number of benzene rings is 1. The molecule has 1 aliphatic heterocycles. The summed E-state index contributed by atoms with van der Waals surface area (Å²) < 4.78 is 5.46. The second kappa shape index (κ2) is 7.59. The Bertz CT molecular complexity index is 552. The lowest BCUT2D eigenvalue weighted by Crippen LogP contribution is -2.42. The van der Waals surface area contributed by atoms with E-state index >= 15 is 0 Å². The number of amidine groups is 1. The fraction of sp³-hybridized carbons (Fsp3) is 0.556. The summed E-state index contributed by atoms with van der Waals surface area (Å²) in [6.07, 6.45) is 0. The van der Waals surface area contributed by atoms with E-state index in [0.29, 0.717) is 0 Å². The average Bonchev–Trinajstić information content (AvgIpc) is 2.51. The minimum Gasteiger partial charge on any atom is -0.378 e. The van der Waals surface area contributed by atoms with Crippen LogP contribution in [-0.2, 0) is 4.74 Å². The first-order chi connectivity index (χ1) is 10.9. The lowest BCUT2D eigenvalue weighted by molar-refractivity contribution is 0.0676. The van der Waals surface area contributed by atoms with Crippen molar-refractivity contribution in [1.29, 1.82) is 0 Å². The van der Waals surface area contributed by atoms with Gasteiger partial charge in [-0.15, -0.1) is 0 Å². The van der Waals surface area contributed by atoms with E-state index in [2.05, 4.69) is 30.6 Å². The standard InChI is InChI=1S/C18H28N4O/c1-18(2,3)16(21(4)5)20-17(22-11-13-23-14-12-22)19-15-9-7-6-8-10-15/h6-10H,11-14H2,1-5H3/b19-17-,20-16-. The highest BCUT2D eigenvalue weighted by Gasteiger charge is 2.24. The Labute approximate surface area is 139 Å². The molecule has 1 aromatic carbocycles. The van der Waals surface area contributed by atoms with Crippen molar-refractivity contribution in [3.05, 3.63) is 30.3 Å². The molecule has 0 spiro atoms. The lowest BCUT2D eigenvalue weighted by atomic mass is 9.94. The molecule has 0 aliphatic carbocycles. The van der Waals surface area contributed by atoms with Crippen LogP contribution in [-0.4, -0.2) is 62.0 Å². The van der Waals surface area contributed by atoms with E-state index in [1.54, 1.807) is 0 Å². The fourth-order valence-electron chi connectivity index (χ4n) is 2.58. The lowest BCUT2D eigenvalue weighted by Gasteiger charge is -2.31. The molecule has 23 heavy (non-hydrogen) atoms. The second-order valence-corrected chi connectivity index (χ2v) is 6.93. The predicted octanol–water partition coefficient (Wildman–Crippen LogP) is 3.01. The van der Waals surface area contributed by atoms with Gasteiger partial charge in [0.15, 0.2) is 0 Å². The minimum absolute atomic E-state index is 0.0484. The highest BCUT2D eigenvalue weighted by molar-refractivity contribution is 5.99. The van der Waals surface area contributed by atoms with E-state index in [0.717, 1.165) is 43.8 Å². The maximum atomic E-state index is 5.46. The molecule has 0 aromatic heterocycles. The zero-order valence-corrected chi connectivity index (χ0v) is 14.9. The first-order valence-electron chi connectivity index (χ1n) is 8.11. The van der Waals surface area contributed by atoms with Crippen LogP contribution in [0.2, 0.25) is 0 Å². The molecule has 0 saturated carbocycles. The van der Waals surface area contributed by atoms with Crippen LogP contribution in [0.4, 0.5) is 5.69 Å². The van der Waals surface area contributed by atoms with Crippen LogP contribution in [0.3, 0.4) is 0 Å². The number of para-hydroxylation sites is 1. The van der Waals surface area contributed by atoms with Crippen LogP contribution in [0.15, 0.2) is 40.3 Å². The van der Waals surface area contributed by atoms with Crippen LogP contribution in [0.25, 0.3) is 0 Å². The van der Waals surface area contributed by atoms with Gasteiger partial charge in [0, 0.05) is 32.6 Å². The molecule has 0 radical (unpaired) electrons. The number of aliphatic imine (C=N–C) groups is 2. The molecule has 1 saturated heterocycles. The van der Waals surface area contributed by atoms with Crippen molar-refractivity contribution < 1.29 is 4.74 Å². The quantitative estimate of drug-likeness (QED) is 0.591. The van der Waals surface area contributed by atoms with Gasteiger partial charge in [-0.1, -0.05) is 39.0 Å². The van der Waals surface area contributed by atoms with E-state index in [1.807, 2.05) is 44.4 Å². The summed E-state index contributed by atoms with van der Waals surface area (Å²) in [6.45, 7) is 9.59. The van der Waals surface area contributed by atoms with Gasteiger partial charge >= 0.3 is 0 Å². The Morgan fingerprint density at radius 2 is 1.70 bits per heavy atom. The molecule has 1 aliphatic rings. The summed E-state index contributed by atoms with van der Waals surface area (Å²) >= 11 is 0. The maximum absolute atomic E-state index is 5.46. The van der Waals surface area contributed by atoms with E-state index in [4.69, 9.17) is 14.7 Å². The molecule has 5 nitrogen and oxygen atoms in total.